The summed E-state index contributed by atoms with van der Waals surface area (Å²) < 4.78 is 0.882. The standard InChI is InChI=1S/C8H10BrN3/c1-3-6(2)10-5-8-11-4-7(9)12-8/h1,4,6,10H,5H2,2H3,(H,11,12). The van der Waals surface area contributed by atoms with Gasteiger partial charge in [0.2, 0.25) is 0 Å². The lowest BCUT2D eigenvalue weighted by atomic mass is 10.3. The number of H-pyrrole nitrogens is 1. The number of aromatic amines is 1. The number of aromatic nitrogens is 2. The van der Waals surface area contributed by atoms with Gasteiger partial charge in [-0.05, 0) is 22.9 Å². The van der Waals surface area contributed by atoms with E-state index in [1.165, 1.54) is 0 Å². The van der Waals surface area contributed by atoms with Crippen molar-refractivity contribution in [2.24, 2.45) is 0 Å². The fourth-order valence-electron chi connectivity index (χ4n) is 0.736. The van der Waals surface area contributed by atoms with Crippen LogP contribution in [0.5, 0.6) is 0 Å². The Kier molecular flexibility index (Phi) is 3.32. The first-order valence-corrected chi connectivity index (χ1v) is 4.40. The summed E-state index contributed by atoms with van der Waals surface area (Å²) in [6, 6.07) is 0.0777. The third-order valence-electron chi connectivity index (χ3n) is 1.42. The van der Waals surface area contributed by atoms with E-state index in [0.717, 1.165) is 10.4 Å². The van der Waals surface area contributed by atoms with Crippen molar-refractivity contribution >= 4 is 15.9 Å². The topological polar surface area (TPSA) is 40.7 Å². The zero-order valence-corrected chi connectivity index (χ0v) is 8.35. The minimum Gasteiger partial charge on any atom is -0.336 e. The van der Waals surface area contributed by atoms with Crippen molar-refractivity contribution in [1.29, 1.82) is 0 Å². The van der Waals surface area contributed by atoms with E-state index in [0.29, 0.717) is 6.54 Å². The monoisotopic (exact) mass is 227 g/mol. The van der Waals surface area contributed by atoms with Gasteiger partial charge >= 0.3 is 0 Å². The maximum atomic E-state index is 5.19. The van der Waals surface area contributed by atoms with Gasteiger partial charge in [-0.3, -0.25) is 5.32 Å². The van der Waals surface area contributed by atoms with Crippen LogP contribution in [0.25, 0.3) is 0 Å². The van der Waals surface area contributed by atoms with Gasteiger partial charge in [0.25, 0.3) is 0 Å². The highest BCUT2D eigenvalue weighted by atomic mass is 79.9. The maximum Gasteiger partial charge on any atom is 0.120 e. The fourth-order valence-corrected chi connectivity index (χ4v) is 1.07. The summed E-state index contributed by atoms with van der Waals surface area (Å²) in [5.41, 5.74) is 0. The molecule has 0 aliphatic rings. The van der Waals surface area contributed by atoms with Crippen LogP contribution in [0, 0.1) is 12.3 Å². The minimum absolute atomic E-state index is 0.0777. The highest BCUT2D eigenvalue weighted by Gasteiger charge is 1.99. The summed E-state index contributed by atoms with van der Waals surface area (Å²) in [6.07, 6.45) is 6.91. The molecular formula is C8H10BrN3. The van der Waals surface area contributed by atoms with Crippen LogP contribution in [-0.2, 0) is 6.54 Å². The molecule has 0 aromatic carbocycles. The maximum absolute atomic E-state index is 5.19. The Labute approximate surface area is 80.1 Å². The van der Waals surface area contributed by atoms with Crippen LogP contribution in [0.3, 0.4) is 0 Å². The van der Waals surface area contributed by atoms with Gasteiger partial charge in [-0.15, -0.1) is 6.42 Å². The molecule has 0 bridgehead atoms. The van der Waals surface area contributed by atoms with Gasteiger partial charge in [0.05, 0.1) is 18.8 Å². The van der Waals surface area contributed by atoms with Gasteiger partial charge in [0.15, 0.2) is 0 Å². The van der Waals surface area contributed by atoms with E-state index >= 15 is 0 Å². The normalized spacial score (nSPS) is 12.4. The zero-order valence-electron chi connectivity index (χ0n) is 6.76. The summed E-state index contributed by atoms with van der Waals surface area (Å²) in [4.78, 5) is 7.12. The molecule has 2 N–H and O–H groups in total. The van der Waals surface area contributed by atoms with Gasteiger partial charge in [-0.25, -0.2) is 4.98 Å². The van der Waals surface area contributed by atoms with Gasteiger partial charge in [0.1, 0.15) is 10.4 Å². The molecule has 1 rings (SSSR count). The third-order valence-corrected chi connectivity index (χ3v) is 1.83. The van der Waals surface area contributed by atoms with Gasteiger partial charge < -0.3 is 4.98 Å². The molecule has 1 aromatic rings. The smallest absolute Gasteiger partial charge is 0.120 e. The molecule has 0 spiro atoms. The predicted octanol–water partition coefficient (Wildman–Crippen LogP) is 1.28. The summed E-state index contributed by atoms with van der Waals surface area (Å²) in [5.74, 6) is 3.46. The van der Waals surface area contributed by atoms with Crippen molar-refractivity contribution in [3.63, 3.8) is 0 Å². The van der Waals surface area contributed by atoms with Crippen LogP contribution >= 0.6 is 15.9 Å². The number of nitrogens with one attached hydrogen (secondary N) is 2. The summed E-state index contributed by atoms with van der Waals surface area (Å²) in [6.45, 7) is 2.59. The molecule has 3 nitrogen and oxygen atoms in total. The molecule has 0 saturated heterocycles. The van der Waals surface area contributed by atoms with Crippen LogP contribution in [0.15, 0.2) is 10.8 Å². The molecule has 0 fully saturated rings. The average molecular weight is 228 g/mol. The van der Waals surface area contributed by atoms with Crippen LogP contribution in [0.2, 0.25) is 0 Å². The van der Waals surface area contributed by atoms with E-state index in [4.69, 9.17) is 6.42 Å². The van der Waals surface area contributed by atoms with Crippen molar-refractivity contribution < 1.29 is 0 Å². The second-order valence-electron chi connectivity index (χ2n) is 2.45. The molecule has 1 heterocycles. The second kappa shape index (κ2) is 4.29. The first kappa shape index (κ1) is 9.30. The summed E-state index contributed by atoms with van der Waals surface area (Å²) in [7, 11) is 0. The molecule has 12 heavy (non-hydrogen) atoms. The average Bonchev–Trinajstić information content (AvgIpc) is 2.47. The number of terminal acetylenes is 1. The molecule has 4 heteroatoms. The number of hydrogen-bond acceptors (Lipinski definition) is 2. The van der Waals surface area contributed by atoms with Gasteiger partial charge in [-0.2, -0.15) is 0 Å². The number of imidazole rings is 1. The van der Waals surface area contributed by atoms with Gasteiger partial charge in [-0.1, -0.05) is 5.92 Å². The Bertz CT molecular complexity index is 287. The Morgan fingerprint density at radius 1 is 1.92 bits per heavy atom. The number of nitrogens with zero attached hydrogens (tertiary/aromatic N) is 1. The SMILES string of the molecule is C#CC(C)NCc1ncc(Br)[nH]1. The van der Waals surface area contributed by atoms with Gasteiger partial charge in [0, 0.05) is 0 Å². The predicted molar refractivity (Wildman–Crippen MR) is 51.4 cm³/mol. The van der Waals surface area contributed by atoms with Crippen molar-refractivity contribution in [2.45, 2.75) is 19.5 Å². The lowest BCUT2D eigenvalue weighted by Gasteiger charge is -2.03. The fraction of sp³-hybridized carbons (Fsp3) is 0.375. The molecule has 0 aliphatic carbocycles. The molecule has 0 saturated carbocycles. The van der Waals surface area contributed by atoms with Crippen molar-refractivity contribution in [3.8, 4) is 12.3 Å². The minimum atomic E-state index is 0.0777. The van der Waals surface area contributed by atoms with E-state index in [9.17, 15) is 0 Å². The Hall–Kier alpha value is -0.790. The van der Waals surface area contributed by atoms with E-state index in [1.54, 1.807) is 6.20 Å². The highest BCUT2D eigenvalue weighted by Crippen LogP contribution is 2.04. The first-order chi connectivity index (χ1) is 5.72. The molecule has 1 unspecified atom stereocenters. The Morgan fingerprint density at radius 2 is 2.67 bits per heavy atom. The first-order valence-electron chi connectivity index (χ1n) is 3.61. The lowest BCUT2D eigenvalue weighted by molar-refractivity contribution is 0.629. The number of hydrogen-bond donors (Lipinski definition) is 2. The Balaban J connectivity index is 2.39. The van der Waals surface area contributed by atoms with Crippen LogP contribution in [0.1, 0.15) is 12.7 Å². The number of rotatable bonds is 3. The molecule has 1 aromatic heterocycles. The summed E-state index contributed by atoms with van der Waals surface area (Å²) in [5, 5.41) is 3.11. The lowest BCUT2D eigenvalue weighted by Crippen LogP contribution is -2.24. The molecule has 0 amide bonds. The molecule has 0 radical (unpaired) electrons. The highest BCUT2D eigenvalue weighted by molar-refractivity contribution is 9.10. The van der Waals surface area contributed by atoms with Crippen molar-refractivity contribution in [3.05, 3.63) is 16.6 Å². The van der Waals surface area contributed by atoms with E-state index in [-0.39, 0.29) is 6.04 Å². The van der Waals surface area contributed by atoms with Crippen molar-refractivity contribution in [2.75, 3.05) is 0 Å². The van der Waals surface area contributed by atoms with Crippen molar-refractivity contribution in [1.82, 2.24) is 15.3 Å². The second-order valence-corrected chi connectivity index (χ2v) is 3.30. The molecule has 0 aliphatic heterocycles. The summed E-state index contributed by atoms with van der Waals surface area (Å²) >= 11 is 3.27. The zero-order chi connectivity index (χ0) is 8.97. The third kappa shape index (κ3) is 2.68. The quantitative estimate of drug-likeness (QED) is 0.765. The number of halogens is 1. The van der Waals surface area contributed by atoms with Crippen LogP contribution in [0.4, 0.5) is 0 Å². The molecule has 64 valence electrons. The van der Waals surface area contributed by atoms with E-state index < -0.39 is 0 Å². The largest absolute Gasteiger partial charge is 0.336 e. The van der Waals surface area contributed by atoms with Crippen LogP contribution in [-0.4, -0.2) is 16.0 Å². The van der Waals surface area contributed by atoms with E-state index in [1.807, 2.05) is 6.92 Å². The van der Waals surface area contributed by atoms with E-state index in [2.05, 4.69) is 37.1 Å². The Morgan fingerprint density at radius 3 is 3.17 bits per heavy atom. The van der Waals surface area contributed by atoms with Crippen LogP contribution < -0.4 is 5.32 Å². The molecular weight excluding hydrogens is 218 g/mol. The molecule has 1 atom stereocenters.